The van der Waals surface area contributed by atoms with Gasteiger partial charge in [0.1, 0.15) is 0 Å². The number of nitrogens with zero attached hydrogens (tertiary/aromatic N) is 2. The van der Waals surface area contributed by atoms with E-state index in [0.717, 1.165) is 0 Å². The van der Waals surface area contributed by atoms with Crippen molar-refractivity contribution in [3.63, 3.8) is 0 Å². The third-order valence-electron chi connectivity index (χ3n) is 5.50. The lowest BCUT2D eigenvalue weighted by Crippen LogP contribution is -1.87. The summed E-state index contributed by atoms with van der Waals surface area (Å²) in [7, 11) is 0. The van der Waals surface area contributed by atoms with E-state index in [1.165, 1.54) is 50.1 Å². The van der Waals surface area contributed by atoms with Crippen LogP contribution in [0.1, 0.15) is 5.56 Å². The summed E-state index contributed by atoms with van der Waals surface area (Å²) in [6.45, 7) is 2.16. The van der Waals surface area contributed by atoms with Gasteiger partial charge in [0.25, 0.3) is 0 Å². The lowest BCUT2D eigenvalue weighted by molar-refractivity contribution is 1.33. The minimum atomic E-state index is 1.18. The Morgan fingerprint density at radius 3 is 1.16 bits per heavy atom. The van der Waals surface area contributed by atoms with Crippen molar-refractivity contribution < 1.29 is 0 Å². The van der Waals surface area contributed by atoms with Gasteiger partial charge in [-0.3, -0.25) is 9.97 Å². The Hall–Kier alpha value is -4.04. The second kappa shape index (κ2) is 8.37. The molecule has 31 heavy (non-hydrogen) atoms. The first kappa shape index (κ1) is 19.0. The highest BCUT2D eigenvalue weighted by atomic mass is 14.6. The standard InChI is InChI=1S/C29H22N2/c1-21-16-28(26-6-2-4-24(18-26)22-8-12-30-13-9-22)20-29(17-21)27-7-3-5-25(19-27)23-10-14-31-15-11-23/h2-20H,1H3. The Morgan fingerprint density at radius 1 is 0.387 bits per heavy atom. The van der Waals surface area contributed by atoms with Gasteiger partial charge in [0.05, 0.1) is 0 Å². The van der Waals surface area contributed by atoms with Gasteiger partial charge in [0.2, 0.25) is 0 Å². The van der Waals surface area contributed by atoms with Crippen molar-refractivity contribution in [3.8, 4) is 44.5 Å². The minimum Gasteiger partial charge on any atom is -0.265 e. The summed E-state index contributed by atoms with van der Waals surface area (Å²) in [6, 6.07) is 32.4. The second-order valence-electron chi connectivity index (χ2n) is 7.72. The predicted octanol–water partition coefficient (Wildman–Crippen LogP) is 7.45. The Morgan fingerprint density at radius 2 is 0.742 bits per heavy atom. The van der Waals surface area contributed by atoms with Gasteiger partial charge >= 0.3 is 0 Å². The Labute approximate surface area is 182 Å². The number of aryl methyl sites for hydroxylation is 1. The first-order valence-corrected chi connectivity index (χ1v) is 10.4. The summed E-state index contributed by atoms with van der Waals surface area (Å²) in [5.41, 5.74) is 10.9. The molecule has 0 amide bonds. The number of pyridine rings is 2. The third-order valence-corrected chi connectivity index (χ3v) is 5.50. The first-order valence-electron chi connectivity index (χ1n) is 10.4. The molecule has 0 N–H and O–H groups in total. The first-order chi connectivity index (χ1) is 15.3. The molecule has 0 aliphatic heterocycles. The topological polar surface area (TPSA) is 25.8 Å². The summed E-state index contributed by atoms with van der Waals surface area (Å²) >= 11 is 0. The molecule has 0 saturated heterocycles. The predicted molar refractivity (Wildman–Crippen MR) is 129 cm³/mol. The molecule has 2 nitrogen and oxygen atoms in total. The van der Waals surface area contributed by atoms with Crippen molar-refractivity contribution in [2.45, 2.75) is 6.92 Å². The molecule has 0 fully saturated rings. The molecule has 0 bridgehead atoms. The zero-order chi connectivity index (χ0) is 21.0. The van der Waals surface area contributed by atoms with Gasteiger partial charge in [-0.25, -0.2) is 0 Å². The van der Waals surface area contributed by atoms with Gasteiger partial charge in [0.15, 0.2) is 0 Å². The van der Waals surface area contributed by atoms with Crippen molar-refractivity contribution in [2.75, 3.05) is 0 Å². The average Bonchev–Trinajstić information content (AvgIpc) is 2.85. The number of hydrogen-bond acceptors (Lipinski definition) is 2. The summed E-state index contributed by atoms with van der Waals surface area (Å²) in [4.78, 5) is 8.27. The maximum Gasteiger partial charge on any atom is 0.0273 e. The van der Waals surface area contributed by atoms with Gasteiger partial charge in [-0.05, 0) is 99.5 Å². The molecule has 5 aromatic rings. The van der Waals surface area contributed by atoms with E-state index in [1.807, 2.05) is 49.1 Å². The SMILES string of the molecule is Cc1cc(-c2cccc(-c3ccncc3)c2)cc(-c2cccc(-c3ccncc3)c2)c1. The monoisotopic (exact) mass is 398 g/mol. The normalized spacial score (nSPS) is 10.7. The van der Waals surface area contributed by atoms with E-state index in [2.05, 4.69) is 83.6 Å². The smallest absolute Gasteiger partial charge is 0.0273 e. The molecular formula is C29H22N2. The molecule has 0 spiro atoms. The molecule has 5 rings (SSSR count). The molecular weight excluding hydrogens is 376 g/mol. The lowest BCUT2D eigenvalue weighted by Gasteiger charge is -2.11. The van der Waals surface area contributed by atoms with E-state index in [0.29, 0.717) is 0 Å². The Balaban J connectivity index is 1.56. The fourth-order valence-corrected chi connectivity index (χ4v) is 3.96. The van der Waals surface area contributed by atoms with Crippen molar-refractivity contribution >= 4 is 0 Å². The summed E-state index contributed by atoms with van der Waals surface area (Å²) in [5.74, 6) is 0. The van der Waals surface area contributed by atoms with Crippen LogP contribution in [0.25, 0.3) is 44.5 Å². The summed E-state index contributed by atoms with van der Waals surface area (Å²) < 4.78 is 0. The highest BCUT2D eigenvalue weighted by Gasteiger charge is 2.07. The van der Waals surface area contributed by atoms with Crippen molar-refractivity contribution in [3.05, 3.63) is 121 Å². The van der Waals surface area contributed by atoms with Crippen molar-refractivity contribution in [2.24, 2.45) is 0 Å². The number of benzene rings is 3. The maximum atomic E-state index is 4.13. The lowest BCUT2D eigenvalue weighted by atomic mass is 9.93. The number of aromatic nitrogens is 2. The summed E-state index contributed by atoms with van der Waals surface area (Å²) in [5, 5.41) is 0. The molecule has 148 valence electrons. The fourth-order valence-electron chi connectivity index (χ4n) is 3.96. The van der Waals surface area contributed by atoms with Crippen LogP contribution >= 0.6 is 0 Å². The van der Waals surface area contributed by atoms with E-state index in [-0.39, 0.29) is 0 Å². The van der Waals surface area contributed by atoms with Crippen LogP contribution in [-0.2, 0) is 0 Å². The molecule has 0 saturated carbocycles. The Kier molecular flexibility index (Phi) is 5.12. The van der Waals surface area contributed by atoms with Gasteiger partial charge in [-0.1, -0.05) is 48.5 Å². The van der Waals surface area contributed by atoms with E-state index in [4.69, 9.17) is 0 Å². The zero-order valence-corrected chi connectivity index (χ0v) is 17.4. The maximum absolute atomic E-state index is 4.13. The highest BCUT2D eigenvalue weighted by molar-refractivity contribution is 5.79. The molecule has 0 aliphatic rings. The quantitative estimate of drug-likeness (QED) is 0.314. The van der Waals surface area contributed by atoms with Gasteiger partial charge in [0, 0.05) is 24.8 Å². The van der Waals surface area contributed by atoms with Gasteiger partial charge in [-0.15, -0.1) is 0 Å². The molecule has 2 heterocycles. The van der Waals surface area contributed by atoms with Crippen molar-refractivity contribution in [1.29, 1.82) is 0 Å². The largest absolute Gasteiger partial charge is 0.265 e. The third kappa shape index (κ3) is 4.15. The summed E-state index contributed by atoms with van der Waals surface area (Å²) in [6.07, 6.45) is 7.34. The van der Waals surface area contributed by atoms with Crippen LogP contribution < -0.4 is 0 Å². The molecule has 0 unspecified atom stereocenters. The number of hydrogen-bond donors (Lipinski definition) is 0. The van der Waals surface area contributed by atoms with E-state index < -0.39 is 0 Å². The van der Waals surface area contributed by atoms with Crippen LogP contribution in [0.3, 0.4) is 0 Å². The molecule has 0 radical (unpaired) electrons. The van der Waals surface area contributed by atoms with E-state index in [1.54, 1.807) is 0 Å². The van der Waals surface area contributed by atoms with Crippen LogP contribution in [0.5, 0.6) is 0 Å². The zero-order valence-electron chi connectivity index (χ0n) is 17.4. The van der Waals surface area contributed by atoms with Gasteiger partial charge < -0.3 is 0 Å². The minimum absolute atomic E-state index is 1.18. The van der Waals surface area contributed by atoms with Crippen LogP contribution in [0.15, 0.2) is 116 Å². The average molecular weight is 399 g/mol. The molecule has 0 atom stereocenters. The molecule has 0 aliphatic carbocycles. The molecule has 2 aromatic heterocycles. The highest BCUT2D eigenvalue weighted by Crippen LogP contribution is 2.32. The van der Waals surface area contributed by atoms with Crippen LogP contribution in [0.2, 0.25) is 0 Å². The number of rotatable bonds is 4. The van der Waals surface area contributed by atoms with Crippen molar-refractivity contribution in [1.82, 2.24) is 9.97 Å². The van der Waals surface area contributed by atoms with Gasteiger partial charge in [-0.2, -0.15) is 0 Å². The van der Waals surface area contributed by atoms with Crippen LogP contribution in [0, 0.1) is 6.92 Å². The van der Waals surface area contributed by atoms with Crippen LogP contribution in [-0.4, -0.2) is 9.97 Å². The molecule has 2 heteroatoms. The second-order valence-corrected chi connectivity index (χ2v) is 7.72. The van der Waals surface area contributed by atoms with Crippen LogP contribution in [0.4, 0.5) is 0 Å². The Bertz CT molecular complexity index is 1220. The van der Waals surface area contributed by atoms with E-state index >= 15 is 0 Å². The fraction of sp³-hybridized carbons (Fsp3) is 0.0345. The van der Waals surface area contributed by atoms with E-state index in [9.17, 15) is 0 Å². The molecule has 3 aromatic carbocycles.